The Kier molecular flexibility index (Phi) is 10.2. The number of hydrogen-bond donors (Lipinski definition) is 4. The molecule has 2 aliphatic rings. The maximum absolute atomic E-state index is 13.4. The second kappa shape index (κ2) is 12.8. The van der Waals surface area contributed by atoms with Crippen LogP contribution in [0, 0.1) is 23.2 Å². The summed E-state index contributed by atoms with van der Waals surface area (Å²) in [5.41, 5.74) is 5.17. The SMILES string of the molecule is C[C@H](C(=O)N[C@@H](Cc1ccccc1)[C@H](O)CN1C[C@H]2CCCC[C@H]2C[C@H]1C(=O)NC(C)(C)C)C(C)(C)C(N)=O. The standard InChI is InChI=1S/C31H50N4O4/c1-20(31(5,6)29(32)39)27(37)33-24(16-21-12-8-7-9-13-21)26(36)19-35-18-23-15-11-10-14-22(23)17-25(35)28(38)34-30(2,3)4/h7-9,12-13,20,22-26,36H,10-11,14-19H2,1-6H3,(H2,32,39)(H,33,37)(H,34,38)/t20-,22+,23-,24+,25+,26-/m1/s1. The highest BCUT2D eigenvalue weighted by Crippen LogP contribution is 2.39. The van der Waals surface area contributed by atoms with Crippen LogP contribution >= 0.6 is 0 Å². The van der Waals surface area contributed by atoms with E-state index >= 15 is 0 Å². The number of nitrogens with two attached hydrogens (primary N) is 1. The number of nitrogens with zero attached hydrogens (tertiary/aromatic N) is 1. The number of fused-ring (bicyclic) bond motifs is 1. The van der Waals surface area contributed by atoms with Crippen LogP contribution in [0.2, 0.25) is 0 Å². The molecule has 8 nitrogen and oxygen atoms in total. The van der Waals surface area contributed by atoms with Gasteiger partial charge in [-0.15, -0.1) is 0 Å². The molecule has 1 aliphatic carbocycles. The number of piperidine rings is 1. The Bertz CT molecular complexity index is 990. The van der Waals surface area contributed by atoms with E-state index in [1.807, 2.05) is 51.1 Å². The summed E-state index contributed by atoms with van der Waals surface area (Å²) < 4.78 is 0. The number of primary amides is 1. The number of carbonyl (C=O) groups excluding carboxylic acids is 3. The molecule has 8 heteroatoms. The molecule has 3 rings (SSSR count). The Morgan fingerprint density at radius 3 is 2.26 bits per heavy atom. The molecule has 0 unspecified atom stereocenters. The molecule has 1 saturated carbocycles. The number of likely N-dealkylation sites (tertiary alicyclic amines) is 1. The van der Waals surface area contributed by atoms with Crippen molar-refractivity contribution in [1.82, 2.24) is 15.5 Å². The van der Waals surface area contributed by atoms with Gasteiger partial charge in [0.25, 0.3) is 0 Å². The molecule has 1 heterocycles. The van der Waals surface area contributed by atoms with Gasteiger partial charge >= 0.3 is 0 Å². The van der Waals surface area contributed by atoms with Crippen molar-refractivity contribution in [2.45, 2.75) is 104 Å². The van der Waals surface area contributed by atoms with E-state index in [0.29, 0.717) is 18.3 Å². The van der Waals surface area contributed by atoms with E-state index in [1.165, 1.54) is 12.8 Å². The minimum atomic E-state index is -1.04. The van der Waals surface area contributed by atoms with E-state index in [9.17, 15) is 19.5 Å². The highest BCUT2D eigenvalue weighted by atomic mass is 16.3. The highest BCUT2D eigenvalue weighted by molar-refractivity contribution is 5.89. The molecular formula is C31H50N4O4. The molecule has 39 heavy (non-hydrogen) atoms. The molecule has 1 aromatic carbocycles. The third-order valence-corrected chi connectivity index (χ3v) is 8.93. The van der Waals surface area contributed by atoms with E-state index in [-0.39, 0.29) is 29.9 Å². The molecule has 0 bridgehead atoms. The van der Waals surface area contributed by atoms with Crippen molar-refractivity contribution in [3.63, 3.8) is 0 Å². The van der Waals surface area contributed by atoms with Gasteiger partial charge in [0.1, 0.15) is 0 Å². The Balaban J connectivity index is 1.82. The number of aliphatic hydroxyl groups excluding tert-OH is 1. The van der Waals surface area contributed by atoms with Crippen molar-refractivity contribution in [3.05, 3.63) is 35.9 Å². The number of β-amino-alcohol motifs (C(OH)–C–C–N with tert-alkyl or cyclic N) is 1. The summed E-state index contributed by atoms with van der Waals surface area (Å²) in [6, 6.07) is 8.81. The molecule has 3 amide bonds. The zero-order valence-electron chi connectivity index (χ0n) is 24.7. The van der Waals surface area contributed by atoms with Crippen LogP contribution in [0.25, 0.3) is 0 Å². The molecule has 1 aromatic rings. The number of aliphatic hydroxyl groups is 1. The number of benzene rings is 1. The lowest BCUT2D eigenvalue weighted by molar-refractivity contribution is -0.138. The van der Waals surface area contributed by atoms with Gasteiger partial charge in [0.15, 0.2) is 0 Å². The van der Waals surface area contributed by atoms with Crippen molar-refractivity contribution in [2.75, 3.05) is 13.1 Å². The smallest absolute Gasteiger partial charge is 0.237 e. The first-order valence-electron chi connectivity index (χ1n) is 14.6. The van der Waals surface area contributed by atoms with Gasteiger partial charge in [-0.2, -0.15) is 0 Å². The van der Waals surface area contributed by atoms with Crippen molar-refractivity contribution < 1.29 is 19.5 Å². The van der Waals surface area contributed by atoms with Crippen molar-refractivity contribution in [1.29, 1.82) is 0 Å². The van der Waals surface area contributed by atoms with E-state index in [2.05, 4.69) is 15.5 Å². The first-order valence-corrected chi connectivity index (χ1v) is 14.6. The van der Waals surface area contributed by atoms with Crippen LogP contribution in [0.1, 0.15) is 79.2 Å². The highest BCUT2D eigenvalue weighted by Gasteiger charge is 2.42. The molecule has 0 aromatic heterocycles. The maximum Gasteiger partial charge on any atom is 0.237 e. The van der Waals surface area contributed by atoms with Crippen molar-refractivity contribution in [2.24, 2.45) is 28.9 Å². The summed E-state index contributed by atoms with van der Waals surface area (Å²) in [7, 11) is 0. The van der Waals surface area contributed by atoms with E-state index in [4.69, 9.17) is 5.73 Å². The van der Waals surface area contributed by atoms with Gasteiger partial charge in [0, 0.05) is 24.5 Å². The summed E-state index contributed by atoms with van der Waals surface area (Å²) >= 11 is 0. The fraction of sp³-hybridized carbons (Fsp3) is 0.710. The number of nitrogens with one attached hydrogen (secondary N) is 2. The summed E-state index contributed by atoms with van der Waals surface area (Å²) in [4.78, 5) is 40.9. The lowest BCUT2D eigenvalue weighted by Gasteiger charge is -2.47. The molecular weight excluding hydrogens is 492 g/mol. The molecule has 5 N–H and O–H groups in total. The minimum absolute atomic E-state index is 0.000742. The lowest BCUT2D eigenvalue weighted by atomic mass is 9.72. The molecule has 1 saturated heterocycles. The summed E-state index contributed by atoms with van der Waals surface area (Å²) in [5, 5.41) is 17.8. The summed E-state index contributed by atoms with van der Waals surface area (Å²) in [6.45, 7) is 12.0. The van der Waals surface area contributed by atoms with Crippen molar-refractivity contribution >= 4 is 17.7 Å². The first kappa shape index (κ1) is 31.1. The van der Waals surface area contributed by atoms with Crippen LogP contribution in [0.15, 0.2) is 30.3 Å². The average molecular weight is 543 g/mol. The van der Waals surface area contributed by atoms with Gasteiger partial charge in [-0.3, -0.25) is 19.3 Å². The van der Waals surface area contributed by atoms with Gasteiger partial charge < -0.3 is 21.5 Å². The molecule has 218 valence electrons. The van der Waals surface area contributed by atoms with Gasteiger partial charge in [-0.1, -0.05) is 70.4 Å². The first-order chi connectivity index (χ1) is 18.2. The Labute approximate surface area is 234 Å². The number of carbonyl (C=O) groups is 3. The van der Waals surface area contributed by atoms with E-state index in [1.54, 1.807) is 20.8 Å². The van der Waals surface area contributed by atoms with Gasteiger partial charge in [0.2, 0.25) is 17.7 Å². The second-order valence-corrected chi connectivity index (χ2v) is 13.4. The van der Waals surface area contributed by atoms with Crippen LogP contribution < -0.4 is 16.4 Å². The normalized spacial score (nSPS) is 24.6. The van der Waals surface area contributed by atoms with Gasteiger partial charge in [-0.05, 0) is 57.4 Å². The number of amides is 3. The van der Waals surface area contributed by atoms with Crippen LogP contribution in [0.5, 0.6) is 0 Å². The van der Waals surface area contributed by atoms with Gasteiger partial charge in [0.05, 0.1) is 23.6 Å². The maximum atomic E-state index is 13.4. The third kappa shape index (κ3) is 8.27. The Morgan fingerprint density at radius 2 is 1.67 bits per heavy atom. The monoisotopic (exact) mass is 542 g/mol. The van der Waals surface area contributed by atoms with Crippen LogP contribution in [0.4, 0.5) is 0 Å². The molecule has 6 atom stereocenters. The number of rotatable bonds is 10. The summed E-state index contributed by atoms with van der Waals surface area (Å²) in [5.74, 6) is -0.508. The zero-order chi connectivity index (χ0) is 29.0. The predicted molar refractivity (Wildman–Crippen MR) is 154 cm³/mol. The average Bonchev–Trinajstić information content (AvgIpc) is 2.86. The zero-order valence-corrected chi connectivity index (χ0v) is 24.7. The van der Waals surface area contributed by atoms with Crippen LogP contribution in [0.3, 0.4) is 0 Å². The summed E-state index contributed by atoms with van der Waals surface area (Å²) in [6.07, 6.45) is 5.02. The van der Waals surface area contributed by atoms with Crippen LogP contribution in [-0.2, 0) is 20.8 Å². The Morgan fingerprint density at radius 1 is 1.05 bits per heavy atom. The fourth-order valence-electron chi connectivity index (χ4n) is 5.99. The predicted octanol–water partition coefficient (Wildman–Crippen LogP) is 3.02. The third-order valence-electron chi connectivity index (χ3n) is 8.93. The molecule has 1 aliphatic heterocycles. The van der Waals surface area contributed by atoms with Crippen molar-refractivity contribution in [3.8, 4) is 0 Å². The minimum Gasteiger partial charge on any atom is -0.390 e. The van der Waals surface area contributed by atoms with Gasteiger partial charge in [-0.25, -0.2) is 0 Å². The molecule has 0 radical (unpaired) electrons. The van der Waals surface area contributed by atoms with E-state index < -0.39 is 29.4 Å². The van der Waals surface area contributed by atoms with E-state index in [0.717, 1.165) is 31.4 Å². The quantitative estimate of drug-likeness (QED) is 0.362. The number of hydrogen-bond acceptors (Lipinski definition) is 5. The largest absolute Gasteiger partial charge is 0.390 e. The molecule has 0 spiro atoms. The molecule has 2 fully saturated rings. The fourth-order valence-corrected chi connectivity index (χ4v) is 5.99. The topological polar surface area (TPSA) is 125 Å². The Hall–Kier alpha value is -2.45. The van der Waals surface area contributed by atoms with Crippen LogP contribution in [-0.4, -0.2) is 64.5 Å². The lowest BCUT2D eigenvalue weighted by Crippen LogP contribution is -2.60. The second-order valence-electron chi connectivity index (χ2n) is 13.4.